The van der Waals surface area contributed by atoms with Crippen LogP contribution in [-0.2, 0) is 4.79 Å². The monoisotopic (exact) mass is 230 g/mol. The molecule has 0 atom stereocenters. The number of rotatable bonds is 1. The highest BCUT2D eigenvalue weighted by atomic mass is 35.5. The Kier molecular flexibility index (Phi) is 3.64. The van der Waals surface area contributed by atoms with Gasteiger partial charge in [0.2, 0.25) is 0 Å². The average molecular weight is 231 g/mol. The molecule has 1 aromatic rings. The predicted molar refractivity (Wildman–Crippen MR) is 50.5 cm³/mol. The van der Waals surface area contributed by atoms with Gasteiger partial charge in [-0.05, 0) is 12.1 Å². The van der Waals surface area contributed by atoms with E-state index >= 15 is 0 Å². The smallest absolute Gasteiger partial charge is 0.315 e. The highest BCUT2D eigenvalue weighted by Crippen LogP contribution is 2.21. The SMILES string of the molecule is O=C(O)CC#Cc1ccc(F)c(Cl)c1F. The van der Waals surface area contributed by atoms with Gasteiger partial charge in [0, 0.05) is 0 Å². The minimum absolute atomic E-state index is 0.123. The first-order valence-electron chi connectivity index (χ1n) is 3.86. The average Bonchev–Trinajstić information content (AvgIpc) is 2.18. The van der Waals surface area contributed by atoms with E-state index in [-0.39, 0.29) is 5.56 Å². The fraction of sp³-hybridized carbons (Fsp3) is 0.100. The van der Waals surface area contributed by atoms with Crippen molar-refractivity contribution in [2.45, 2.75) is 6.42 Å². The van der Waals surface area contributed by atoms with Crippen LogP contribution in [0.2, 0.25) is 5.02 Å². The highest BCUT2D eigenvalue weighted by Gasteiger charge is 2.09. The number of hydrogen-bond donors (Lipinski definition) is 1. The van der Waals surface area contributed by atoms with Gasteiger partial charge in [0.15, 0.2) is 5.82 Å². The van der Waals surface area contributed by atoms with E-state index in [1.807, 2.05) is 0 Å². The van der Waals surface area contributed by atoms with Crippen molar-refractivity contribution in [1.82, 2.24) is 0 Å². The summed E-state index contributed by atoms with van der Waals surface area (Å²) in [6.45, 7) is 0. The number of carbonyl (C=O) groups is 1. The van der Waals surface area contributed by atoms with Crippen LogP contribution in [0.3, 0.4) is 0 Å². The third-order valence-corrected chi connectivity index (χ3v) is 1.84. The fourth-order valence-electron chi connectivity index (χ4n) is 0.837. The Morgan fingerprint density at radius 1 is 1.47 bits per heavy atom. The van der Waals surface area contributed by atoms with Crippen molar-refractivity contribution in [2.24, 2.45) is 0 Å². The van der Waals surface area contributed by atoms with Crippen molar-refractivity contribution in [3.63, 3.8) is 0 Å². The zero-order valence-electron chi connectivity index (χ0n) is 7.35. The fourth-order valence-corrected chi connectivity index (χ4v) is 1.00. The summed E-state index contributed by atoms with van der Waals surface area (Å²) < 4.78 is 25.9. The maximum absolute atomic E-state index is 13.2. The summed E-state index contributed by atoms with van der Waals surface area (Å²) in [7, 11) is 0. The molecule has 1 aromatic carbocycles. The molecule has 5 heteroatoms. The lowest BCUT2D eigenvalue weighted by molar-refractivity contribution is -0.135. The van der Waals surface area contributed by atoms with Crippen LogP contribution in [0.1, 0.15) is 12.0 Å². The van der Waals surface area contributed by atoms with Crippen molar-refractivity contribution < 1.29 is 18.7 Å². The van der Waals surface area contributed by atoms with Crippen LogP contribution in [0.5, 0.6) is 0 Å². The molecular formula is C10H5ClF2O2. The molecule has 78 valence electrons. The van der Waals surface area contributed by atoms with Gasteiger partial charge in [0.1, 0.15) is 17.3 Å². The Bertz CT molecular complexity index is 460. The summed E-state index contributed by atoms with van der Waals surface area (Å²) in [5.41, 5.74) is -0.123. The molecule has 0 bridgehead atoms. The number of halogens is 3. The minimum Gasteiger partial charge on any atom is -0.481 e. The zero-order valence-corrected chi connectivity index (χ0v) is 8.11. The third-order valence-electron chi connectivity index (χ3n) is 1.50. The molecule has 1 rings (SSSR count). The molecule has 0 aliphatic carbocycles. The molecule has 0 radical (unpaired) electrons. The van der Waals surface area contributed by atoms with E-state index < -0.39 is 29.0 Å². The maximum Gasteiger partial charge on any atom is 0.315 e. The van der Waals surface area contributed by atoms with E-state index in [2.05, 4.69) is 11.8 Å². The van der Waals surface area contributed by atoms with E-state index in [4.69, 9.17) is 16.7 Å². The number of hydrogen-bond acceptors (Lipinski definition) is 1. The summed E-state index contributed by atoms with van der Waals surface area (Å²) in [5.74, 6) is 1.50. The summed E-state index contributed by atoms with van der Waals surface area (Å²) in [5, 5.41) is 7.64. The maximum atomic E-state index is 13.2. The zero-order chi connectivity index (χ0) is 11.4. The Hall–Kier alpha value is -1.60. The van der Waals surface area contributed by atoms with Crippen molar-refractivity contribution in [3.8, 4) is 11.8 Å². The molecule has 0 fully saturated rings. The van der Waals surface area contributed by atoms with Crippen LogP contribution in [0.15, 0.2) is 12.1 Å². The van der Waals surface area contributed by atoms with E-state index in [1.54, 1.807) is 0 Å². The number of benzene rings is 1. The number of aliphatic carboxylic acids is 1. The van der Waals surface area contributed by atoms with Gasteiger partial charge in [-0.2, -0.15) is 0 Å². The van der Waals surface area contributed by atoms with Crippen LogP contribution < -0.4 is 0 Å². The summed E-state index contributed by atoms with van der Waals surface area (Å²) >= 11 is 5.29. The molecule has 0 aromatic heterocycles. The normalized spacial score (nSPS) is 9.27. The Morgan fingerprint density at radius 3 is 2.73 bits per heavy atom. The Morgan fingerprint density at radius 2 is 2.13 bits per heavy atom. The molecule has 0 amide bonds. The predicted octanol–water partition coefficient (Wildman–Crippen LogP) is 2.44. The highest BCUT2D eigenvalue weighted by molar-refractivity contribution is 6.31. The number of carboxylic acids is 1. The van der Waals surface area contributed by atoms with Gasteiger partial charge in [-0.25, -0.2) is 8.78 Å². The molecular weight excluding hydrogens is 226 g/mol. The lowest BCUT2D eigenvalue weighted by atomic mass is 10.2. The summed E-state index contributed by atoms with van der Waals surface area (Å²) in [6.07, 6.45) is -0.408. The van der Waals surface area contributed by atoms with Crippen LogP contribution in [0, 0.1) is 23.5 Å². The largest absolute Gasteiger partial charge is 0.481 e. The van der Waals surface area contributed by atoms with Gasteiger partial charge in [-0.3, -0.25) is 4.79 Å². The summed E-state index contributed by atoms with van der Waals surface area (Å²) in [4.78, 5) is 10.1. The molecule has 0 saturated carbocycles. The topological polar surface area (TPSA) is 37.3 Å². The standard InChI is InChI=1S/C10H5ClF2O2/c11-9-7(12)5-4-6(10(9)13)2-1-3-8(14)15/h4-5H,3H2,(H,14,15). The third kappa shape index (κ3) is 2.93. The first kappa shape index (κ1) is 11.5. The van der Waals surface area contributed by atoms with Crippen molar-refractivity contribution in [3.05, 3.63) is 34.4 Å². The quantitative estimate of drug-likeness (QED) is 0.594. The number of carboxylic acid groups (broad SMARTS) is 1. The first-order valence-corrected chi connectivity index (χ1v) is 4.24. The van der Waals surface area contributed by atoms with Gasteiger partial charge in [0.25, 0.3) is 0 Å². The van der Waals surface area contributed by atoms with Gasteiger partial charge >= 0.3 is 5.97 Å². The molecule has 15 heavy (non-hydrogen) atoms. The van der Waals surface area contributed by atoms with E-state index in [0.29, 0.717) is 0 Å². The van der Waals surface area contributed by atoms with Crippen LogP contribution in [0.4, 0.5) is 8.78 Å². The van der Waals surface area contributed by atoms with Crippen LogP contribution in [-0.4, -0.2) is 11.1 Å². The Balaban J connectivity index is 3.00. The van der Waals surface area contributed by atoms with Crippen LogP contribution >= 0.6 is 11.6 Å². The van der Waals surface area contributed by atoms with Crippen molar-refractivity contribution in [2.75, 3.05) is 0 Å². The molecule has 0 spiro atoms. The molecule has 0 aliphatic heterocycles. The molecule has 0 aliphatic rings. The summed E-state index contributed by atoms with van der Waals surface area (Å²) in [6, 6.07) is 2.07. The van der Waals surface area contributed by atoms with Gasteiger partial charge in [-0.1, -0.05) is 23.4 Å². The lowest BCUT2D eigenvalue weighted by Crippen LogP contribution is -1.92. The van der Waals surface area contributed by atoms with E-state index in [1.165, 1.54) is 0 Å². The molecule has 0 unspecified atom stereocenters. The van der Waals surface area contributed by atoms with Gasteiger partial charge in [-0.15, -0.1) is 0 Å². The second-order valence-corrected chi connectivity index (χ2v) is 2.97. The van der Waals surface area contributed by atoms with E-state index in [0.717, 1.165) is 12.1 Å². The molecule has 1 N–H and O–H groups in total. The second kappa shape index (κ2) is 4.76. The van der Waals surface area contributed by atoms with Crippen molar-refractivity contribution >= 4 is 17.6 Å². The lowest BCUT2D eigenvalue weighted by Gasteiger charge is -1.97. The van der Waals surface area contributed by atoms with Gasteiger partial charge < -0.3 is 5.11 Å². The first-order chi connectivity index (χ1) is 7.02. The van der Waals surface area contributed by atoms with Crippen molar-refractivity contribution in [1.29, 1.82) is 0 Å². The van der Waals surface area contributed by atoms with Crippen LogP contribution in [0.25, 0.3) is 0 Å². The molecule has 0 saturated heterocycles. The molecule has 0 heterocycles. The minimum atomic E-state index is -1.11. The van der Waals surface area contributed by atoms with Gasteiger partial charge in [0.05, 0.1) is 5.56 Å². The Labute approximate surface area is 89.5 Å². The molecule has 2 nitrogen and oxygen atoms in total. The van der Waals surface area contributed by atoms with E-state index in [9.17, 15) is 13.6 Å². The second-order valence-electron chi connectivity index (χ2n) is 2.60.